The van der Waals surface area contributed by atoms with E-state index in [0.717, 1.165) is 13.0 Å². The molecule has 5 nitrogen and oxygen atoms in total. The van der Waals surface area contributed by atoms with Crippen molar-refractivity contribution >= 4 is 34.1 Å². The Morgan fingerprint density at radius 2 is 2.33 bits per heavy atom. The second kappa shape index (κ2) is 6.38. The first kappa shape index (κ1) is 13.6. The molecule has 2 atom stereocenters. The van der Waals surface area contributed by atoms with Crippen molar-refractivity contribution in [3.8, 4) is 0 Å². The molecule has 1 aromatic rings. The van der Waals surface area contributed by atoms with Crippen LogP contribution >= 0.6 is 23.1 Å². The van der Waals surface area contributed by atoms with E-state index in [1.54, 1.807) is 0 Å². The summed E-state index contributed by atoms with van der Waals surface area (Å²) in [7, 11) is 0. The quantitative estimate of drug-likeness (QED) is 0.866. The van der Waals surface area contributed by atoms with Crippen LogP contribution in [-0.4, -0.2) is 40.2 Å². The van der Waals surface area contributed by atoms with E-state index in [-0.39, 0.29) is 11.9 Å². The maximum atomic E-state index is 12.0. The highest BCUT2D eigenvalue weighted by atomic mass is 32.2. The normalized spacial score (nSPS) is 23.0. The lowest BCUT2D eigenvalue weighted by Crippen LogP contribution is -2.38. The van der Waals surface area contributed by atoms with Gasteiger partial charge in [-0.3, -0.25) is 4.79 Å². The zero-order chi connectivity index (χ0) is 13.0. The van der Waals surface area contributed by atoms with Crippen molar-refractivity contribution in [2.24, 2.45) is 0 Å². The van der Waals surface area contributed by atoms with Crippen LogP contribution in [-0.2, 0) is 0 Å². The largest absolute Gasteiger partial charge is 0.360 e. The second-order valence-electron chi connectivity index (χ2n) is 4.23. The summed E-state index contributed by atoms with van der Waals surface area (Å²) in [5.41, 5.74) is 0. The molecule has 1 heterocycles. The van der Waals surface area contributed by atoms with E-state index in [2.05, 4.69) is 27.1 Å². The number of hydrogen-bond donors (Lipinski definition) is 2. The van der Waals surface area contributed by atoms with Crippen LogP contribution in [0.5, 0.6) is 0 Å². The van der Waals surface area contributed by atoms with E-state index in [1.807, 2.05) is 18.7 Å². The minimum absolute atomic E-state index is 0.0948. The number of aromatic nitrogens is 2. The average Bonchev–Trinajstić information content (AvgIpc) is 2.98. The van der Waals surface area contributed by atoms with Gasteiger partial charge in [-0.05, 0) is 26.0 Å². The summed E-state index contributed by atoms with van der Waals surface area (Å²) in [5.74, 6) is -0.0948. The minimum atomic E-state index is -0.0948. The molecule has 2 rings (SSSR count). The molecule has 18 heavy (non-hydrogen) atoms. The molecular formula is C11H18N4OS2. The van der Waals surface area contributed by atoms with Crippen LogP contribution in [0.25, 0.3) is 0 Å². The van der Waals surface area contributed by atoms with Gasteiger partial charge >= 0.3 is 0 Å². The summed E-state index contributed by atoms with van der Waals surface area (Å²) in [6.45, 7) is 2.77. The van der Waals surface area contributed by atoms with Gasteiger partial charge in [0.1, 0.15) is 0 Å². The molecule has 0 bridgehead atoms. The zero-order valence-electron chi connectivity index (χ0n) is 10.6. The summed E-state index contributed by atoms with van der Waals surface area (Å²) in [6.07, 6.45) is 5.54. The van der Waals surface area contributed by atoms with E-state index in [9.17, 15) is 4.79 Å². The molecule has 1 aliphatic rings. The van der Waals surface area contributed by atoms with E-state index in [1.165, 1.54) is 24.2 Å². The molecule has 100 valence electrons. The number of anilines is 1. The molecule has 1 amide bonds. The maximum Gasteiger partial charge on any atom is 0.282 e. The predicted octanol–water partition coefficient (Wildman–Crippen LogP) is 1.98. The Labute approximate surface area is 115 Å². The van der Waals surface area contributed by atoms with E-state index in [4.69, 9.17) is 0 Å². The number of nitrogens with one attached hydrogen (secondary N) is 2. The number of amides is 1. The number of rotatable bonds is 5. The van der Waals surface area contributed by atoms with Crippen molar-refractivity contribution in [2.75, 3.05) is 18.1 Å². The van der Waals surface area contributed by atoms with Gasteiger partial charge < -0.3 is 10.6 Å². The first-order chi connectivity index (χ1) is 8.74. The van der Waals surface area contributed by atoms with E-state index in [0.29, 0.717) is 15.4 Å². The predicted molar refractivity (Wildman–Crippen MR) is 76.5 cm³/mol. The number of nitrogens with zero attached hydrogens (tertiary/aromatic N) is 2. The third kappa shape index (κ3) is 3.14. The summed E-state index contributed by atoms with van der Waals surface area (Å²) in [4.78, 5) is 12.0. The highest BCUT2D eigenvalue weighted by Gasteiger charge is 2.28. The monoisotopic (exact) mass is 286 g/mol. The fraction of sp³-hybridized carbons (Fsp3) is 0.727. The molecule has 7 heteroatoms. The minimum Gasteiger partial charge on any atom is -0.360 e. The third-order valence-electron chi connectivity index (χ3n) is 3.02. The van der Waals surface area contributed by atoms with Crippen molar-refractivity contribution in [1.29, 1.82) is 0 Å². The van der Waals surface area contributed by atoms with Crippen LogP contribution in [0.3, 0.4) is 0 Å². The molecule has 2 N–H and O–H groups in total. The Morgan fingerprint density at radius 1 is 1.50 bits per heavy atom. The highest BCUT2D eigenvalue weighted by molar-refractivity contribution is 7.99. The number of carbonyl (C=O) groups is 1. The van der Waals surface area contributed by atoms with Gasteiger partial charge in [-0.2, -0.15) is 11.8 Å². The first-order valence-corrected chi connectivity index (χ1v) is 8.26. The van der Waals surface area contributed by atoms with Gasteiger partial charge in [-0.25, -0.2) is 0 Å². The molecule has 1 fully saturated rings. The fourth-order valence-electron chi connectivity index (χ4n) is 2.14. The molecule has 1 saturated carbocycles. The third-order valence-corrected chi connectivity index (χ3v) is 5.07. The van der Waals surface area contributed by atoms with Crippen LogP contribution in [0.4, 0.5) is 5.13 Å². The number of carbonyl (C=O) groups excluding carboxylic acids is 1. The molecule has 0 aromatic carbocycles. The molecular weight excluding hydrogens is 268 g/mol. The van der Waals surface area contributed by atoms with Gasteiger partial charge in [0.2, 0.25) is 10.1 Å². The molecule has 0 aliphatic heterocycles. The van der Waals surface area contributed by atoms with Crippen molar-refractivity contribution in [3.63, 3.8) is 0 Å². The Bertz CT molecular complexity index is 410. The molecule has 0 radical (unpaired) electrons. The SMILES string of the molecule is CCNc1nnc(C(=O)NC2CCCC2SC)s1. The van der Waals surface area contributed by atoms with Gasteiger partial charge in [-0.1, -0.05) is 17.8 Å². The van der Waals surface area contributed by atoms with Gasteiger partial charge in [0.15, 0.2) is 0 Å². The van der Waals surface area contributed by atoms with Crippen LogP contribution in [0.15, 0.2) is 0 Å². The summed E-state index contributed by atoms with van der Waals surface area (Å²) >= 11 is 3.14. The average molecular weight is 286 g/mol. The Balaban J connectivity index is 1.94. The van der Waals surface area contributed by atoms with Gasteiger partial charge in [-0.15, -0.1) is 10.2 Å². The smallest absolute Gasteiger partial charge is 0.282 e. The fourth-order valence-corrected chi connectivity index (χ4v) is 3.79. The second-order valence-corrected chi connectivity index (χ2v) is 6.28. The maximum absolute atomic E-state index is 12.0. The number of thioether (sulfide) groups is 1. The topological polar surface area (TPSA) is 66.9 Å². The first-order valence-electron chi connectivity index (χ1n) is 6.15. The van der Waals surface area contributed by atoms with Gasteiger partial charge in [0.25, 0.3) is 5.91 Å². The van der Waals surface area contributed by atoms with E-state index < -0.39 is 0 Å². The van der Waals surface area contributed by atoms with Crippen LogP contribution < -0.4 is 10.6 Å². The Kier molecular flexibility index (Phi) is 4.82. The number of hydrogen-bond acceptors (Lipinski definition) is 6. The standard InChI is InChI=1S/C11H18N4OS2/c1-3-12-11-15-14-10(18-11)9(16)13-7-5-4-6-8(7)17-2/h7-8H,3-6H2,1-2H3,(H,12,15)(H,13,16). The Morgan fingerprint density at radius 3 is 3.06 bits per heavy atom. The molecule has 2 unspecified atom stereocenters. The molecule has 1 aromatic heterocycles. The van der Waals surface area contributed by atoms with Crippen molar-refractivity contribution in [1.82, 2.24) is 15.5 Å². The van der Waals surface area contributed by atoms with Crippen molar-refractivity contribution < 1.29 is 4.79 Å². The van der Waals surface area contributed by atoms with E-state index >= 15 is 0 Å². The van der Waals surface area contributed by atoms with Crippen molar-refractivity contribution in [2.45, 2.75) is 37.5 Å². The summed E-state index contributed by atoms with van der Waals surface area (Å²) in [5, 5.41) is 15.7. The van der Waals surface area contributed by atoms with Crippen LogP contribution in [0.1, 0.15) is 36.0 Å². The lowest BCUT2D eigenvalue weighted by molar-refractivity contribution is 0.0937. The lowest BCUT2D eigenvalue weighted by atomic mass is 10.2. The molecule has 0 saturated heterocycles. The molecule has 0 spiro atoms. The van der Waals surface area contributed by atoms with Gasteiger partial charge in [0, 0.05) is 17.8 Å². The summed E-state index contributed by atoms with van der Waals surface area (Å²) in [6, 6.07) is 0.277. The van der Waals surface area contributed by atoms with Crippen molar-refractivity contribution in [3.05, 3.63) is 5.01 Å². The molecule has 1 aliphatic carbocycles. The van der Waals surface area contributed by atoms with Crippen LogP contribution in [0.2, 0.25) is 0 Å². The van der Waals surface area contributed by atoms with Gasteiger partial charge in [0.05, 0.1) is 0 Å². The zero-order valence-corrected chi connectivity index (χ0v) is 12.2. The Hall–Kier alpha value is -0.820. The van der Waals surface area contributed by atoms with Crippen LogP contribution in [0, 0.1) is 0 Å². The lowest BCUT2D eigenvalue weighted by Gasteiger charge is -2.18. The highest BCUT2D eigenvalue weighted by Crippen LogP contribution is 2.28. The summed E-state index contributed by atoms with van der Waals surface area (Å²) < 4.78 is 0.